The number of nitrogens with zero attached hydrogens (tertiary/aromatic N) is 2. The minimum Gasteiger partial charge on any atom is -0.400 e. The molecule has 0 aliphatic rings. The molecule has 0 bridgehead atoms. The fourth-order valence-corrected chi connectivity index (χ4v) is 2.99. The van der Waals surface area contributed by atoms with Crippen LogP contribution in [0.3, 0.4) is 0 Å². The Morgan fingerprint density at radius 1 is 1.15 bits per heavy atom. The number of hydrogen-bond acceptors (Lipinski definition) is 3. The highest BCUT2D eigenvalue weighted by Crippen LogP contribution is 2.24. The van der Waals surface area contributed by atoms with Crippen molar-refractivity contribution in [3.63, 3.8) is 0 Å². The van der Waals surface area contributed by atoms with Gasteiger partial charge in [-0.1, -0.05) is 41.9 Å². The quantitative estimate of drug-likeness (QED) is 0.537. The average Bonchev–Trinajstić information content (AvgIpc) is 3.34. The van der Waals surface area contributed by atoms with E-state index < -0.39 is 0 Å². The van der Waals surface area contributed by atoms with Crippen molar-refractivity contribution in [1.29, 1.82) is 0 Å². The van der Waals surface area contributed by atoms with Crippen molar-refractivity contribution in [3.05, 3.63) is 89.1 Å². The fraction of sp³-hybridized carbons (Fsp3) is 0.100. The molecule has 0 radical (unpaired) electrons. The number of rotatable bonds is 4. The van der Waals surface area contributed by atoms with E-state index in [-0.39, 0.29) is 5.78 Å². The first-order valence-electron chi connectivity index (χ1n) is 8.03. The monoisotopic (exact) mass is 367 g/mol. The minimum absolute atomic E-state index is 0.106. The highest BCUT2D eigenvalue weighted by molar-refractivity contribution is 6.30. The van der Waals surface area contributed by atoms with Crippen LogP contribution in [0.15, 0.2) is 67.1 Å². The Labute approximate surface area is 155 Å². The van der Waals surface area contributed by atoms with E-state index in [1.807, 2.05) is 54.7 Å². The van der Waals surface area contributed by atoms with E-state index in [0.29, 0.717) is 23.0 Å². The number of aliphatic hydroxyl groups is 1. The van der Waals surface area contributed by atoms with Crippen LogP contribution < -0.4 is 0 Å². The number of carbonyl (C=O) groups is 1. The predicted molar refractivity (Wildman–Crippen MR) is 103 cm³/mol. The summed E-state index contributed by atoms with van der Waals surface area (Å²) in [6.45, 7) is 0.670. The molecule has 132 valence electrons. The number of fused-ring (bicyclic) bond motifs is 1. The van der Waals surface area contributed by atoms with Crippen LogP contribution in [0.1, 0.15) is 21.7 Å². The van der Waals surface area contributed by atoms with Gasteiger partial charge in [0.1, 0.15) is 0 Å². The molecule has 2 aromatic carbocycles. The molecule has 0 spiro atoms. The minimum atomic E-state index is -0.106. The summed E-state index contributed by atoms with van der Waals surface area (Å²) in [7, 11) is 1.00. The van der Waals surface area contributed by atoms with Gasteiger partial charge in [0.15, 0.2) is 5.82 Å². The summed E-state index contributed by atoms with van der Waals surface area (Å²) in [5, 5.41) is 8.64. The maximum atomic E-state index is 12.7. The van der Waals surface area contributed by atoms with Crippen LogP contribution >= 0.6 is 11.6 Å². The van der Waals surface area contributed by atoms with Gasteiger partial charge in [-0.15, -0.1) is 0 Å². The molecule has 5 nitrogen and oxygen atoms in total. The van der Waals surface area contributed by atoms with E-state index in [9.17, 15) is 4.79 Å². The van der Waals surface area contributed by atoms with Gasteiger partial charge >= 0.3 is 0 Å². The van der Waals surface area contributed by atoms with Crippen LogP contribution in [0.25, 0.3) is 10.9 Å². The second-order valence-electron chi connectivity index (χ2n) is 5.58. The number of aliphatic hydroxyl groups excluding tert-OH is 1. The maximum absolute atomic E-state index is 12.7. The molecule has 0 aliphatic carbocycles. The van der Waals surface area contributed by atoms with Crippen LogP contribution in [0.2, 0.25) is 5.02 Å². The lowest BCUT2D eigenvalue weighted by atomic mass is 10.1. The number of halogens is 1. The normalized spacial score (nSPS) is 10.4. The third-order valence-corrected chi connectivity index (χ3v) is 4.26. The largest absolute Gasteiger partial charge is 0.400 e. The number of ketones is 1. The van der Waals surface area contributed by atoms with Gasteiger partial charge in [-0.3, -0.25) is 4.79 Å². The van der Waals surface area contributed by atoms with E-state index in [2.05, 4.69) is 14.5 Å². The number of aromatic amines is 1. The highest BCUT2D eigenvalue weighted by atomic mass is 35.5. The smallest absolute Gasteiger partial charge is 0.230 e. The Balaban J connectivity index is 0.000000948. The van der Waals surface area contributed by atoms with Crippen LogP contribution in [-0.4, -0.2) is 32.5 Å². The number of para-hydroxylation sites is 1. The van der Waals surface area contributed by atoms with Gasteiger partial charge < -0.3 is 14.7 Å². The summed E-state index contributed by atoms with van der Waals surface area (Å²) in [6, 6.07) is 15.6. The van der Waals surface area contributed by atoms with Crippen molar-refractivity contribution in [2.75, 3.05) is 7.11 Å². The molecule has 0 aliphatic heterocycles. The molecular weight excluding hydrogens is 350 g/mol. The Hall–Kier alpha value is -2.89. The topological polar surface area (TPSA) is 70.9 Å². The lowest BCUT2D eigenvalue weighted by molar-refractivity contribution is 0.103. The molecular formula is C20H18ClN3O2. The molecule has 6 heteroatoms. The zero-order chi connectivity index (χ0) is 18.5. The summed E-state index contributed by atoms with van der Waals surface area (Å²) >= 11 is 5.95. The molecule has 2 heterocycles. The van der Waals surface area contributed by atoms with Gasteiger partial charge in [0.25, 0.3) is 0 Å². The first-order valence-corrected chi connectivity index (χ1v) is 8.41. The first kappa shape index (κ1) is 17.9. The van der Waals surface area contributed by atoms with E-state index in [0.717, 1.165) is 23.6 Å². The molecule has 0 atom stereocenters. The van der Waals surface area contributed by atoms with Gasteiger partial charge in [-0.2, -0.15) is 0 Å². The van der Waals surface area contributed by atoms with Gasteiger partial charge in [-0.25, -0.2) is 4.98 Å². The standard InChI is InChI=1S/C19H14ClN3O.CH4O/c20-14-7-5-13(6-8-14)11-23-12-16(15-3-1-2-4-17(15)23)18(24)19-21-9-10-22-19;1-2/h1-10,12H,11H2,(H,21,22);2H,1H3. The number of imidazole rings is 1. The third-order valence-electron chi connectivity index (χ3n) is 4.01. The average molecular weight is 368 g/mol. The molecule has 0 unspecified atom stereocenters. The van der Waals surface area contributed by atoms with E-state index >= 15 is 0 Å². The van der Waals surface area contributed by atoms with Crippen molar-refractivity contribution in [3.8, 4) is 0 Å². The lowest BCUT2D eigenvalue weighted by Gasteiger charge is -2.05. The van der Waals surface area contributed by atoms with Crippen LogP contribution in [-0.2, 0) is 6.54 Å². The summed E-state index contributed by atoms with van der Waals surface area (Å²) < 4.78 is 2.08. The molecule has 0 amide bonds. The second-order valence-corrected chi connectivity index (χ2v) is 6.02. The lowest BCUT2D eigenvalue weighted by Crippen LogP contribution is -2.03. The Bertz CT molecular complexity index is 1010. The number of carbonyl (C=O) groups excluding carboxylic acids is 1. The van der Waals surface area contributed by atoms with Crippen molar-refractivity contribution < 1.29 is 9.90 Å². The van der Waals surface area contributed by atoms with E-state index in [4.69, 9.17) is 16.7 Å². The zero-order valence-corrected chi connectivity index (χ0v) is 14.9. The summed E-state index contributed by atoms with van der Waals surface area (Å²) in [6.07, 6.45) is 5.13. The number of aromatic nitrogens is 3. The van der Waals surface area contributed by atoms with Crippen molar-refractivity contribution in [2.45, 2.75) is 6.54 Å². The van der Waals surface area contributed by atoms with Gasteiger partial charge in [0, 0.05) is 48.2 Å². The Kier molecular flexibility index (Phi) is 5.51. The highest BCUT2D eigenvalue weighted by Gasteiger charge is 2.18. The second kappa shape index (κ2) is 7.99. The van der Waals surface area contributed by atoms with Crippen molar-refractivity contribution in [2.24, 2.45) is 0 Å². The number of nitrogens with one attached hydrogen (secondary N) is 1. The molecule has 4 aromatic rings. The SMILES string of the molecule is CO.O=C(c1ncc[nH]1)c1cn(Cc2ccc(Cl)cc2)c2ccccc12. The number of hydrogen-bond donors (Lipinski definition) is 2. The molecule has 0 fully saturated rings. The van der Waals surface area contributed by atoms with Crippen LogP contribution in [0.5, 0.6) is 0 Å². The molecule has 2 aromatic heterocycles. The zero-order valence-electron chi connectivity index (χ0n) is 14.2. The van der Waals surface area contributed by atoms with Gasteiger partial charge in [-0.05, 0) is 23.8 Å². The maximum Gasteiger partial charge on any atom is 0.230 e. The fourth-order valence-electron chi connectivity index (χ4n) is 2.86. The third kappa shape index (κ3) is 3.54. The molecule has 0 saturated heterocycles. The molecule has 0 saturated carbocycles. The molecule has 2 N–H and O–H groups in total. The number of benzene rings is 2. The predicted octanol–water partition coefficient (Wildman–Crippen LogP) is 3.91. The van der Waals surface area contributed by atoms with Crippen LogP contribution in [0, 0.1) is 0 Å². The summed E-state index contributed by atoms with van der Waals surface area (Å²) in [5.74, 6) is 0.246. The molecule has 26 heavy (non-hydrogen) atoms. The van der Waals surface area contributed by atoms with Gasteiger partial charge in [0.2, 0.25) is 5.78 Å². The Morgan fingerprint density at radius 2 is 1.88 bits per heavy atom. The van der Waals surface area contributed by atoms with Gasteiger partial charge in [0.05, 0.1) is 5.56 Å². The van der Waals surface area contributed by atoms with Crippen LogP contribution in [0.4, 0.5) is 0 Å². The molecule has 4 rings (SSSR count). The van der Waals surface area contributed by atoms with E-state index in [1.165, 1.54) is 0 Å². The van der Waals surface area contributed by atoms with E-state index in [1.54, 1.807) is 12.4 Å². The number of H-pyrrole nitrogens is 1. The summed E-state index contributed by atoms with van der Waals surface area (Å²) in [4.78, 5) is 19.7. The van der Waals surface area contributed by atoms with Crippen molar-refractivity contribution >= 4 is 28.3 Å². The van der Waals surface area contributed by atoms with Crippen molar-refractivity contribution in [1.82, 2.24) is 14.5 Å². The summed E-state index contributed by atoms with van der Waals surface area (Å²) in [5.41, 5.74) is 2.79. The Morgan fingerprint density at radius 3 is 2.58 bits per heavy atom. The first-order chi connectivity index (χ1) is 12.7.